The minimum atomic E-state index is -0.859. The molecule has 10 atom stereocenters. The van der Waals surface area contributed by atoms with Crippen LogP contribution in [0.4, 0.5) is 9.59 Å². The molecule has 0 radical (unpaired) electrons. The Morgan fingerprint density at radius 1 is 0.933 bits per heavy atom. The summed E-state index contributed by atoms with van der Waals surface area (Å²) < 4.78 is 16.4. The zero-order valence-corrected chi connectivity index (χ0v) is 34.8. The largest absolute Gasteiger partial charge is 0.453 e. The number of aliphatic hydroxyl groups is 1. The molecular weight excluding hydrogens is 765 g/mol. The molecule has 10 unspecified atom stereocenters. The Labute approximate surface area is 349 Å². The van der Waals surface area contributed by atoms with Crippen LogP contribution in [0.15, 0.2) is 48.8 Å². The fraction of sp³-hybridized carbons (Fsp3) is 0.533. The van der Waals surface area contributed by atoms with Crippen LogP contribution in [0.25, 0.3) is 44.8 Å². The van der Waals surface area contributed by atoms with Gasteiger partial charge in [-0.2, -0.15) is 0 Å². The number of H-pyrrole nitrogens is 2. The van der Waals surface area contributed by atoms with Crippen molar-refractivity contribution in [3.8, 4) is 44.8 Å². The lowest BCUT2D eigenvalue weighted by Crippen LogP contribution is -2.68. The molecule has 60 heavy (non-hydrogen) atoms. The van der Waals surface area contributed by atoms with Gasteiger partial charge in [0, 0.05) is 29.1 Å². The quantitative estimate of drug-likeness (QED) is 0.111. The van der Waals surface area contributed by atoms with Crippen LogP contribution in [-0.2, 0) is 19.0 Å². The van der Waals surface area contributed by atoms with Crippen LogP contribution in [0.2, 0.25) is 0 Å². The van der Waals surface area contributed by atoms with Crippen molar-refractivity contribution in [2.45, 2.75) is 120 Å². The first-order chi connectivity index (χ1) is 28.9. The number of carbonyl (C=O) groups is 3. The molecule has 5 heterocycles. The van der Waals surface area contributed by atoms with E-state index in [9.17, 15) is 19.5 Å². The van der Waals surface area contributed by atoms with Gasteiger partial charge in [-0.05, 0) is 99.1 Å². The third-order valence-corrected chi connectivity index (χ3v) is 14.9. The number of rotatable bonds is 9. The predicted molar refractivity (Wildman–Crippen MR) is 221 cm³/mol. The van der Waals surface area contributed by atoms with Crippen LogP contribution in [-0.4, -0.2) is 110 Å². The standard InChI is InChI=1S/C45H54N8O7/c1-23(54)34(50-42(56)58-4)22-52-35-9-6-8-27(35)18-36(52)39-46-20-32(48-39)25-10-12-28-30(16-25)29-13-11-26(17-31(28)29)33-21-47-40(49-33)37-19-44(3)14-7-15-45(44)53(37)41(55)38(24(2)60-45)51-43(57)59-5/h10-13,16-17,20-21,23-24,27,34-38,54H,6-9,14-15,18-19,22H2,1-5H3,(H,46,48)(H,47,49)(H,50,56)(H,51,57). The number of ether oxygens (including phenoxy) is 3. The number of aromatic nitrogens is 4. The molecule has 3 aliphatic heterocycles. The SMILES string of the molecule is COC(=O)NC(CN1C(c2ncc(-c3ccc4c(c3)-c3ccc(-c5cnc(C6CC7(C)CCCC78OC(C)C(NC(=O)OC)C(=O)N68)[nH]5)cc3-4)[nH]2)CC2CCCC21)C(C)O. The number of aliphatic hydroxyl groups excluding tert-OH is 1. The zero-order valence-electron chi connectivity index (χ0n) is 34.8. The molecule has 5 fully saturated rings. The number of hydrogen-bond acceptors (Lipinski definition) is 10. The zero-order chi connectivity index (χ0) is 41.7. The number of imidazole rings is 2. The number of fused-ring (bicyclic) bond motifs is 5. The smallest absolute Gasteiger partial charge is 0.407 e. The number of benzene rings is 2. The lowest BCUT2D eigenvalue weighted by molar-refractivity contribution is -0.238. The van der Waals surface area contributed by atoms with E-state index >= 15 is 0 Å². The van der Waals surface area contributed by atoms with Gasteiger partial charge in [0.1, 0.15) is 23.4 Å². The highest BCUT2D eigenvalue weighted by Crippen LogP contribution is 2.64. The first kappa shape index (κ1) is 38.9. The van der Waals surface area contributed by atoms with Gasteiger partial charge in [0.15, 0.2) is 0 Å². The van der Waals surface area contributed by atoms with Gasteiger partial charge in [0.05, 0.1) is 68.3 Å². The van der Waals surface area contributed by atoms with Gasteiger partial charge in [0.2, 0.25) is 0 Å². The van der Waals surface area contributed by atoms with Crippen LogP contribution in [0.3, 0.4) is 0 Å². The van der Waals surface area contributed by atoms with Crippen molar-refractivity contribution in [1.29, 1.82) is 0 Å². The minimum absolute atomic E-state index is 0.0546. The summed E-state index contributed by atoms with van der Waals surface area (Å²) in [4.78, 5) is 59.9. The Hall–Kier alpha value is -5.25. The maximum atomic E-state index is 14.2. The summed E-state index contributed by atoms with van der Waals surface area (Å²) in [6.07, 6.45) is 9.11. The lowest BCUT2D eigenvalue weighted by atomic mass is 9.78. The molecule has 316 valence electrons. The fourth-order valence-electron chi connectivity index (χ4n) is 11.8. The van der Waals surface area contributed by atoms with E-state index in [-0.39, 0.29) is 23.4 Å². The van der Waals surface area contributed by atoms with E-state index in [1.807, 2.05) is 24.2 Å². The van der Waals surface area contributed by atoms with Crippen molar-refractivity contribution in [2.24, 2.45) is 11.3 Å². The predicted octanol–water partition coefficient (Wildman–Crippen LogP) is 6.44. The number of nitrogens with one attached hydrogen (secondary N) is 4. The summed E-state index contributed by atoms with van der Waals surface area (Å²) in [7, 11) is 2.63. The van der Waals surface area contributed by atoms with Crippen molar-refractivity contribution in [2.75, 3.05) is 20.8 Å². The number of amides is 3. The van der Waals surface area contributed by atoms with Crippen molar-refractivity contribution in [3.63, 3.8) is 0 Å². The Bertz CT molecular complexity index is 2360. The Balaban J connectivity index is 0.870. The molecule has 5 N–H and O–H groups in total. The molecule has 0 bridgehead atoms. The van der Waals surface area contributed by atoms with Crippen LogP contribution in [0.1, 0.15) is 95.9 Å². The molecular formula is C45H54N8O7. The van der Waals surface area contributed by atoms with Gasteiger partial charge in [0.25, 0.3) is 5.91 Å². The molecule has 1 spiro atoms. The van der Waals surface area contributed by atoms with Crippen molar-refractivity contribution < 1.29 is 33.7 Å². The van der Waals surface area contributed by atoms with E-state index < -0.39 is 42.2 Å². The molecule has 15 nitrogen and oxygen atoms in total. The molecule has 10 rings (SSSR count). The summed E-state index contributed by atoms with van der Waals surface area (Å²) in [5.74, 6) is 2.00. The van der Waals surface area contributed by atoms with Crippen LogP contribution >= 0.6 is 0 Å². The Morgan fingerprint density at radius 2 is 1.58 bits per heavy atom. The number of methoxy groups -OCH3 is 2. The normalized spacial score (nSPS) is 31.0. The molecule has 6 aliphatic rings. The van der Waals surface area contributed by atoms with Crippen molar-refractivity contribution >= 4 is 18.1 Å². The first-order valence-corrected chi connectivity index (χ1v) is 21.4. The monoisotopic (exact) mass is 818 g/mol. The Kier molecular flexibility index (Phi) is 9.37. The highest BCUT2D eigenvalue weighted by Gasteiger charge is 2.69. The number of alkyl carbamates (subject to hydrolysis) is 2. The van der Waals surface area contributed by atoms with E-state index in [0.29, 0.717) is 30.7 Å². The average molecular weight is 819 g/mol. The molecule has 4 aromatic rings. The van der Waals surface area contributed by atoms with Crippen molar-refractivity contribution in [3.05, 3.63) is 60.4 Å². The van der Waals surface area contributed by atoms with Gasteiger partial charge in [-0.1, -0.05) is 37.6 Å². The third-order valence-electron chi connectivity index (χ3n) is 14.9. The topological polar surface area (TPSA) is 187 Å². The number of carbonyl (C=O) groups excluding carboxylic acids is 3. The molecule has 2 saturated carbocycles. The summed E-state index contributed by atoms with van der Waals surface area (Å²) in [5, 5.41) is 16.1. The fourth-order valence-corrected chi connectivity index (χ4v) is 11.8. The van der Waals surface area contributed by atoms with E-state index in [1.54, 1.807) is 6.92 Å². The number of hydrogen-bond donors (Lipinski definition) is 5. The third kappa shape index (κ3) is 5.98. The summed E-state index contributed by atoms with van der Waals surface area (Å²) in [5.41, 5.74) is 7.60. The minimum Gasteiger partial charge on any atom is -0.453 e. The second kappa shape index (κ2) is 14.4. The molecule has 3 amide bonds. The maximum Gasteiger partial charge on any atom is 0.407 e. The summed E-state index contributed by atoms with van der Waals surface area (Å²) in [6.45, 7) is 6.28. The molecule has 3 saturated heterocycles. The van der Waals surface area contributed by atoms with Gasteiger partial charge >= 0.3 is 12.2 Å². The lowest BCUT2D eigenvalue weighted by Gasteiger charge is -2.51. The summed E-state index contributed by atoms with van der Waals surface area (Å²) in [6, 6.07) is 11.8. The molecule has 15 heteroatoms. The van der Waals surface area contributed by atoms with Gasteiger partial charge in [-0.25, -0.2) is 19.6 Å². The van der Waals surface area contributed by atoms with Crippen molar-refractivity contribution in [1.82, 2.24) is 40.4 Å². The number of aromatic amines is 2. The van der Waals surface area contributed by atoms with Crippen LogP contribution < -0.4 is 10.6 Å². The molecule has 2 aromatic carbocycles. The van der Waals surface area contributed by atoms with Gasteiger partial charge in [-0.15, -0.1) is 0 Å². The second-order valence-electron chi connectivity index (χ2n) is 18.1. The van der Waals surface area contributed by atoms with Gasteiger partial charge in [-0.3, -0.25) is 9.69 Å². The van der Waals surface area contributed by atoms with E-state index in [4.69, 9.17) is 24.2 Å². The maximum absolute atomic E-state index is 14.2. The number of nitrogens with zero attached hydrogens (tertiary/aromatic N) is 4. The second-order valence-corrected chi connectivity index (χ2v) is 18.1. The Morgan fingerprint density at radius 3 is 2.22 bits per heavy atom. The van der Waals surface area contributed by atoms with Gasteiger partial charge < -0.3 is 44.8 Å². The van der Waals surface area contributed by atoms with Crippen LogP contribution in [0, 0.1) is 11.3 Å². The summed E-state index contributed by atoms with van der Waals surface area (Å²) >= 11 is 0. The van der Waals surface area contributed by atoms with Crippen LogP contribution in [0.5, 0.6) is 0 Å². The van der Waals surface area contributed by atoms with E-state index in [1.165, 1.54) is 49.3 Å². The number of likely N-dealkylation sites (tertiary alicyclic amines) is 1. The van der Waals surface area contributed by atoms with E-state index in [2.05, 4.69) is 68.8 Å². The molecule has 3 aliphatic carbocycles. The first-order valence-electron chi connectivity index (χ1n) is 21.4. The molecule has 2 aromatic heterocycles. The highest BCUT2D eigenvalue weighted by atomic mass is 16.6. The van der Waals surface area contributed by atoms with E-state index in [0.717, 1.165) is 60.4 Å². The average Bonchev–Trinajstić information content (AvgIpc) is 4.09. The highest BCUT2D eigenvalue weighted by molar-refractivity contribution is 6.04.